The number of thiophene rings is 1. The van der Waals surface area contributed by atoms with Crippen molar-refractivity contribution in [3.8, 4) is 0 Å². The molecule has 2 aliphatic heterocycles. The van der Waals surface area contributed by atoms with Crippen molar-refractivity contribution >= 4 is 33.0 Å². The third-order valence-electron chi connectivity index (χ3n) is 4.83. The third kappa shape index (κ3) is 2.63. The highest BCUT2D eigenvalue weighted by molar-refractivity contribution is 7.91. The SMILES string of the molecule is Cc1cnn(C2CC3CCC(C2)N3S(=O)(=O)c2ccc(Cl)s2)c1. The first-order valence-corrected chi connectivity index (χ1v) is 10.4. The fourth-order valence-electron chi connectivity index (χ4n) is 3.89. The van der Waals surface area contributed by atoms with E-state index in [0.29, 0.717) is 14.6 Å². The van der Waals surface area contributed by atoms with Gasteiger partial charge in [0.05, 0.1) is 16.6 Å². The average molecular weight is 372 g/mol. The molecule has 5 nitrogen and oxygen atoms in total. The molecule has 2 atom stereocenters. The van der Waals surface area contributed by atoms with E-state index in [2.05, 4.69) is 5.10 Å². The molecule has 2 aromatic rings. The first-order valence-electron chi connectivity index (χ1n) is 7.75. The van der Waals surface area contributed by atoms with Crippen molar-refractivity contribution in [3.05, 3.63) is 34.4 Å². The molecular formula is C15H18ClN3O2S2. The summed E-state index contributed by atoms with van der Waals surface area (Å²) in [7, 11) is -3.44. The zero-order valence-corrected chi connectivity index (χ0v) is 15.1. The van der Waals surface area contributed by atoms with E-state index in [1.165, 1.54) is 0 Å². The Morgan fingerprint density at radius 2 is 1.91 bits per heavy atom. The highest BCUT2D eigenvalue weighted by atomic mass is 35.5. The van der Waals surface area contributed by atoms with Gasteiger partial charge in [-0.2, -0.15) is 9.40 Å². The van der Waals surface area contributed by atoms with Gasteiger partial charge >= 0.3 is 0 Å². The lowest BCUT2D eigenvalue weighted by Gasteiger charge is -2.37. The van der Waals surface area contributed by atoms with Gasteiger partial charge in [0.15, 0.2) is 0 Å². The van der Waals surface area contributed by atoms with Crippen molar-refractivity contribution in [3.63, 3.8) is 0 Å². The van der Waals surface area contributed by atoms with Gasteiger partial charge in [-0.25, -0.2) is 8.42 Å². The van der Waals surface area contributed by atoms with Crippen molar-refractivity contribution in [2.24, 2.45) is 0 Å². The summed E-state index contributed by atoms with van der Waals surface area (Å²) < 4.78 is 30.5. The molecule has 0 amide bonds. The Balaban J connectivity index is 1.61. The molecule has 0 radical (unpaired) electrons. The van der Waals surface area contributed by atoms with Crippen LogP contribution >= 0.6 is 22.9 Å². The normalized spacial score (nSPS) is 28.3. The number of sulfonamides is 1. The van der Waals surface area contributed by atoms with E-state index < -0.39 is 10.0 Å². The minimum Gasteiger partial charge on any atom is -0.269 e. The maximum Gasteiger partial charge on any atom is 0.253 e. The largest absolute Gasteiger partial charge is 0.269 e. The van der Waals surface area contributed by atoms with E-state index in [-0.39, 0.29) is 12.1 Å². The Hall–Kier alpha value is -0.890. The molecule has 2 aromatic heterocycles. The Bertz CT molecular complexity index is 815. The molecule has 2 saturated heterocycles. The molecule has 4 heterocycles. The average Bonchev–Trinajstić information content (AvgIpc) is 3.18. The lowest BCUT2D eigenvalue weighted by molar-refractivity contribution is 0.185. The van der Waals surface area contributed by atoms with E-state index >= 15 is 0 Å². The van der Waals surface area contributed by atoms with Crippen LogP contribution in [0.25, 0.3) is 0 Å². The molecule has 0 N–H and O–H groups in total. The first kappa shape index (κ1) is 15.6. The van der Waals surface area contributed by atoms with Gasteiger partial charge in [-0.05, 0) is 50.3 Å². The van der Waals surface area contributed by atoms with Gasteiger partial charge in [0.2, 0.25) is 0 Å². The van der Waals surface area contributed by atoms with Gasteiger partial charge in [-0.1, -0.05) is 11.6 Å². The molecule has 0 aromatic carbocycles. The molecule has 2 fully saturated rings. The summed E-state index contributed by atoms with van der Waals surface area (Å²) in [5, 5.41) is 4.42. The number of rotatable bonds is 3. The van der Waals surface area contributed by atoms with Crippen LogP contribution < -0.4 is 0 Å². The van der Waals surface area contributed by atoms with Gasteiger partial charge in [0.1, 0.15) is 4.21 Å². The number of nitrogens with zero attached hydrogens (tertiary/aromatic N) is 3. The number of aryl methyl sites for hydroxylation is 1. The first-order chi connectivity index (χ1) is 10.9. The molecule has 0 aliphatic carbocycles. The second-order valence-electron chi connectivity index (χ2n) is 6.40. The molecule has 0 saturated carbocycles. The number of piperidine rings is 1. The van der Waals surface area contributed by atoms with Crippen molar-refractivity contribution in [1.29, 1.82) is 0 Å². The van der Waals surface area contributed by atoms with Gasteiger partial charge in [0.25, 0.3) is 10.0 Å². The highest BCUT2D eigenvalue weighted by Crippen LogP contribution is 2.44. The van der Waals surface area contributed by atoms with Gasteiger partial charge < -0.3 is 0 Å². The molecule has 2 unspecified atom stereocenters. The zero-order valence-electron chi connectivity index (χ0n) is 12.7. The molecule has 0 spiro atoms. The van der Waals surface area contributed by atoms with E-state index in [1.54, 1.807) is 16.4 Å². The quantitative estimate of drug-likeness (QED) is 0.830. The Morgan fingerprint density at radius 1 is 1.22 bits per heavy atom. The predicted molar refractivity (Wildman–Crippen MR) is 90.4 cm³/mol. The van der Waals surface area contributed by atoms with Gasteiger partial charge in [0, 0.05) is 18.3 Å². The minimum atomic E-state index is -3.44. The van der Waals surface area contributed by atoms with Crippen LogP contribution in [-0.4, -0.2) is 34.6 Å². The number of halogens is 1. The van der Waals surface area contributed by atoms with E-state index in [1.807, 2.05) is 24.0 Å². The molecule has 8 heteroatoms. The summed E-state index contributed by atoms with van der Waals surface area (Å²) in [6, 6.07) is 3.69. The maximum atomic E-state index is 13.0. The molecule has 23 heavy (non-hydrogen) atoms. The fourth-order valence-corrected chi connectivity index (χ4v) is 7.37. The fraction of sp³-hybridized carbons (Fsp3) is 0.533. The lowest BCUT2D eigenvalue weighted by Crippen LogP contribution is -2.46. The number of hydrogen-bond acceptors (Lipinski definition) is 4. The van der Waals surface area contributed by atoms with Crippen LogP contribution in [0.1, 0.15) is 37.3 Å². The summed E-state index contributed by atoms with van der Waals surface area (Å²) in [5.41, 5.74) is 1.14. The van der Waals surface area contributed by atoms with Crippen molar-refractivity contribution in [2.45, 2.75) is 54.9 Å². The van der Waals surface area contributed by atoms with Crippen LogP contribution in [-0.2, 0) is 10.0 Å². The summed E-state index contributed by atoms with van der Waals surface area (Å²) >= 11 is 7.06. The Morgan fingerprint density at radius 3 is 2.43 bits per heavy atom. The Labute approximate surface area is 144 Å². The zero-order chi connectivity index (χ0) is 16.2. The van der Waals surface area contributed by atoms with Crippen molar-refractivity contribution in [2.75, 3.05) is 0 Å². The van der Waals surface area contributed by atoms with Crippen molar-refractivity contribution in [1.82, 2.24) is 14.1 Å². The predicted octanol–water partition coefficient (Wildman–Crippen LogP) is 3.46. The summed E-state index contributed by atoms with van der Waals surface area (Å²) in [6.45, 7) is 2.03. The monoisotopic (exact) mass is 371 g/mol. The van der Waals surface area contributed by atoms with E-state index in [4.69, 9.17) is 11.6 Å². The van der Waals surface area contributed by atoms with Gasteiger partial charge in [-0.15, -0.1) is 11.3 Å². The van der Waals surface area contributed by atoms with E-state index in [0.717, 1.165) is 42.6 Å². The number of fused-ring (bicyclic) bond motifs is 2. The van der Waals surface area contributed by atoms with Crippen molar-refractivity contribution < 1.29 is 8.42 Å². The summed E-state index contributed by atoms with van der Waals surface area (Å²) in [6.07, 6.45) is 7.43. The smallest absolute Gasteiger partial charge is 0.253 e. The molecular weight excluding hydrogens is 354 g/mol. The topological polar surface area (TPSA) is 55.2 Å². The maximum absolute atomic E-state index is 13.0. The summed E-state index contributed by atoms with van der Waals surface area (Å²) in [5.74, 6) is 0. The second kappa shape index (κ2) is 5.58. The lowest BCUT2D eigenvalue weighted by atomic mass is 10.00. The minimum absolute atomic E-state index is 0.0640. The van der Waals surface area contributed by atoms with Crippen LogP contribution in [0.2, 0.25) is 4.34 Å². The standard InChI is InChI=1S/C15H18ClN3O2S2/c1-10-8-17-18(9-10)13-6-11-2-3-12(7-13)19(11)23(20,21)15-5-4-14(16)22-15/h4-5,8-9,11-13H,2-3,6-7H2,1H3. The van der Waals surface area contributed by atoms with E-state index in [9.17, 15) is 8.42 Å². The molecule has 124 valence electrons. The highest BCUT2D eigenvalue weighted by Gasteiger charge is 2.48. The second-order valence-corrected chi connectivity index (χ2v) is 10.2. The van der Waals surface area contributed by atoms with Crippen LogP contribution in [0.3, 0.4) is 0 Å². The number of hydrogen-bond donors (Lipinski definition) is 0. The summed E-state index contributed by atoms with van der Waals surface area (Å²) in [4.78, 5) is 0. The van der Waals surface area contributed by atoms with Crippen LogP contribution in [0, 0.1) is 6.92 Å². The van der Waals surface area contributed by atoms with Crippen LogP contribution in [0.4, 0.5) is 0 Å². The molecule has 2 aliphatic rings. The molecule has 2 bridgehead atoms. The van der Waals surface area contributed by atoms with Crippen LogP contribution in [0.15, 0.2) is 28.7 Å². The Kier molecular flexibility index (Phi) is 3.79. The van der Waals surface area contributed by atoms with Crippen LogP contribution in [0.5, 0.6) is 0 Å². The molecule has 4 rings (SSSR count). The van der Waals surface area contributed by atoms with Gasteiger partial charge in [-0.3, -0.25) is 4.68 Å². The third-order valence-corrected chi connectivity index (χ3v) is 8.53. The number of aromatic nitrogens is 2.